The third kappa shape index (κ3) is 5.94. The van der Waals surface area contributed by atoms with Crippen molar-refractivity contribution < 1.29 is 23.8 Å². The number of carbonyl (C=O) groups is 2. The van der Waals surface area contributed by atoms with Crippen molar-refractivity contribution in [3.05, 3.63) is 58.0 Å². The summed E-state index contributed by atoms with van der Waals surface area (Å²) >= 11 is 1.13. The third-order valence-electron chi connectivity index (χ3n) is 4.32. The van der Waals surface area contributed by atoms with Gasteiger partial charge >= 0.3 is 0 Å². The molecule has 10 heteroatoms. The van der Waals surface area contributed by atoms with E-state index in [0.29, 0.717) is 40.1 Å². The van der Waals surface area contributed by atoms with Gasteiger partial charge in [-0.2, -0.15) is 0 Å². The van der Waals surface area contributed by atoms with Gasteiger partial charge in [0.25, 0.3) is 11.8 Å². The van der Waals surface area contributed by atoms with Crippen LogP contribution >= 0.6 is 11.3 Å². The molecule has 3 aromatic rings. The van der Waals surface area contributed by atoms with Crippen LogP contribution in [0.5, 0.6) is 17.2 Å². The number of rotatable bonds is 10. The monoisotopic (exact) mass is 456 g/mol. The number of nitrogens with one attached hydrogen (secondary N) is 2. The predicted molar refractivity (Wildman–Crippen MR) is 121 cm³/mol. The number of benzene rings is 2. The Labute approximate surface area is 189 Å². The molecular weight excluding hydrogens is 432 g/mol. The first kappa shape index (κ1) is 23.0. The van der Waals surface area contributed by atoms with E-state index in [4.69, 9.17) is 14.2 Å². The van der Waals surface area contributed by atoms with Gasteiger partial charge in [0.15, 0.2) is 16.5 Å². The van der Waals surface area contributed by atoms with E-state index in [1.54, 1.807) is 56.7 Å². The van der Waals surface area contributed by atoms with Crippen LogP contribution < -0.4 is 24.8 Å². The number of nitrogens with zero attached hydrogens (tertiary/aromatic N) is 2. The average Bonchev–Trinajstić information content (AvgIpc) is 3.30. The van der Waals surface area contributed by atoms with Gasteiger partial charge in [0.1, 0.15) is 12.4 Å². The third-order valence-corrected chi connectivity index (χ3v) is 5.21. The van der Waals surface area contributed by atoms with Gasteiger partial charge in [-0.25, -0.2) is 0 Å². The summed E-state index contributed by atoms with van der Waals surface area (Å²) in [6.45, 7) is 2.76. The maximum Gasteiger partial charge on any atom is 0.286 e. The molecule has 2 amide bonds. The second-order valence-corrected chi connectivity index (χ2v) is 7.66. The standard InChI is InChI=1S/C22H24N4O5S/c1-4-11-23-20(27)14-5-7-15(8-6-14)24-21(28)22-26-25-19(32-22)13-31-16-9-10-17(29-2)18(12-16)30-3/h5-10,12H,4,11,13H2,1-3H3,(H,23,27)(H,24,28). The summed E-state index contributed by atoms with van der Waals surface area (Å²) in [5.74, 6) is 1.20. The van der Waals surface area contributed by atoms with Crippen molar-refractivity contribution in [3.8, 4) is 17.2 Å². The Morgan fingerprint density at radius 1 is 0.969 bits per heavy atom. The Hall–Kier alpha value is -3.66. The summed E-state index contributed by atoms with van der Waals surface area (Å²) in [5.41, 5.74) is 1.09. The lowest BCUT2D eigenvalue weighted by atomic mass is 10.2. The van der Waals surface area contributed by atoms with E-state index in [1.807, 2.05) is 6.92 Å². The number of anilines is 1. The number of ether oxygens (including phenoxy) is 3. The van der Waals surface area contributed by atoms with Crippen LogP contribution in [0.2, 0.25) is 0 Å². The number of amides is 2. The lowest BCUT2D eigenvalue weighted by Gasteiger charge is -2.09. The number of hydrogen-bond donors (Lipinski definition) is 2. The van der Waals surface area contributed by atoms with Gasteiger partial charge in [-0.05, 0) is 42.8 Å². The highest BCUT2D eigenvalue weighted by atomic mass is 32.1. The molecular formula is C22H24N4O5S. The molecule has 0 unspecified atom stereocenters. The van der Waals surface area contributed by atoms with Crippen LogP contribution in [-0.4, -0.2) is 42.8 Å². The lowest BCUT2D eigenvalue weighted by molar-refractivity contribution is 0.0953. The fourth-order valence-corrected chi connectivity index (χ4v) is 3.33. The molecule has 0 aliphatic heterocycles. The molecule has 0 saturated heterocycles. The number of carbonyl (C=O) groups excluding carboxylic acids is 2. The van der Waals surface area contributed by atoms with Crippen LogP contribution in [0.4, 0.5) is 5.69 Å². The highest BCUT2D eigenvalue weighted by Gasteiger charge is 2.14. The first-order chi connectivity index (χ1) is 15.5. The number of methoxy groups -OCH3 is 2. The maximum absolute atomic E-state index is 12.5. The van der Waals surface area contributed by atoms with Gasteiger partial charge < -0.3 is 24.8 Å². The van der Waals surface area contributed by atoms with E-state index in [-0.39, 0.29) is 23.4 Å². The summed E-state index contributed by atoms with van der Waals surface area (Å²) in [6, 6.07) is 11.8. The minimum absolute atomic E-state index is 0.145. The van der Waals surface area contributed by atoms with E-state index >= 15 is 0 Å². The predicted octanol–water partition coefficient (Wildman–Crippen LogP) is 3.53. The first-order valence-electron chi connectivity index (χ1n) is 9.90. The van der Waals surface area contributed by atoms with Crippen LogP contribution in [0.1, 0.15) is 38.5 Å². The summed E-state index contributed by atoms with van der Waals surface area (Å²) in [6.07, 6.45) is 0.864. The van der Waals surface area contributed by atoms with Crippen molar-refractivity contribution in [1.29, 1.82) is 0 Å². The fraction of sp³-hybridized carbons (Fsp3) is 0.273. The van der Waals surface area contributed by atoms with Crippen LogP contribution in [0, 0.1) is 0 Å². The van der Waals surface area contributed by atoms with Crippen molar-refractivity contribution in [2.75, 3.05) is 26.1 Å². The second-order valence-electron chi connectivity index (χ2n) is 6.59. The van der Waals surface area contributed by atoms with Gasteiger partial charge in [0.2, 0.25) is 5.01 Å². The smallest absolute Gasteiger partial charge is 0.286 e. The number of hydrogen-bond acceptors (Lipinski definition) is 8. The normalized spacial score (nSPS) is 10.3. The zero-order chi connectivity index (χ0) is 22.9. The fourth-order valence-electron chi connectivity index (χ4n) is 2.69. The molecule has 0 atom stereocenters. The largest absolute Gasteiger partial charge is 0.493 e. The second kappa shape index (κ2) is 11.1. The Balaban J connectivity index is 1.56. The molecule has 0 radical (unpaired) electrons. The van der Waals surface area contributed by atoms with Gasteiger partial charge in [-0.1, -0.05) is 18.3 Å². The molecule has 9 nitrogen and oxygen atoms in total. The SMILES string of the molecule is CCCNC(=O)c1ccc(NC(=O)c2nnc(COc3ccc(OC)c(OC)c3)s2)cc1. The Morgan fingerprint density at radius 3 is 2.41 bits per heavy atom. The molecule has 1 aromatic heterocycles. The molecule has 0 saturated carbocycles. The Kier molecular flexibility index (Phi) is 7.98. The van der Waals surface area contributed by atoms with Crippen molar-refractivity contribution in [1.82, 2.24) is 15.5 Å². The van der Waals surface area contributed by atoms with Crippen molar-refractivity contribution in [2.45, 2.75) is 20.0 Å². The van der Waals surface area contributed by atoms with E-state index in [2.05, 4.69) is 20.8 Å². The van der Waals surface area contributed by atoms with Crippen molar-refractivity contribution >= 4 is 28.8 Å². The van der Waals surface area contributed by atoms with Crippen LogP contribution in [0.15, 0.2) is 42.5 Å². The maximum atomic E-state index is 12.5. The van der Waals surface area contributed by atoms with Gasteiger partial charge in [-0.3, -0.25) is 9.59 Å². The van der Waals surface area contributed by atoms with Crippen molar-refractivity contribution in [2.24, 2.45) is 0 Å². The van der Waals surface area contributed by atoms with E-state index in [1.165, 1.54) is 0 Å². The molecule has 0 fully saturated rings. The summed E-state index contributed by atoms with van der Waals surface area (Å²) in [4.78, 5) is 24.4. The van der Waals surface area contributed by atoms with Crippen LogP contribution in [0.3, 0.4) is 0 Å². The van der Waals surface area contributed by atoms with E-state index in [9.17, 15) is 9.59 Å². The quantitative estimate of drug-likeness (QED) is 0.480. The van der Waals surface area contributed by atoms with E-state index in [0.717, 1.165) is 17.8 Å². The van der Waals surface area contributed by atoms with Gasteiger partial charge in [0, 0.05) is 23.9 Å². The Bertz CT molecular complexity index is 1070. The molecule has 168 valence electrons. The van der Waals surface area contributed by atoms with Crippen LogP contribution in [0.25, 0.3) is 0 Å². The highest BCUT2D eigenvalue weighted by Crippen LogP contribution is 2.31. The molecule has 2 aromatic carbocycles. The molecule has 0 aliphatic carbocycles. The minimum atomic E-state index is -0.386. The molecule has 3 rings (SSSR count). The summed E-state index contributed by atoms with van der Waals surface area (Å²) in [7, 11) is 3.11. The molecule has 32 heavy (non-hydrogen) atoms. The zero-order valence-electron chi connectivity index (χ0n) is 18.0. The number of aromatic nitrogens is 2. The minimum Gasteiger partial charge on any atom is -0.493 e. The summed E-state index contributed by atoms with van der Waals surface area (Å²) in [5, 5.41) is 14.3. The molecule has 2 N–H and O–H groups in total. The molecule has 1 heterocycles. The van der Waals surface area contributed by atoms with Crippen molar-refractivity contribution in [3.63, 3.8) is 0 Å². The van der Waals surface area contributed by atoms with Gasteiger partial charge in [-0.15, -0.1) is 10.2 Å². The molecule has 0 bridgehead atoms. The topological polar surface area (TPSA) is 112 Å². The first-order valence-corrected chi connectivity index (χ1v) is 10.7. The molecule has 0 spiro atoms. The Morgan fingerprint density at radius 2 is 1.72 bits per heavy atom. The molecule has 0 aliphatic rings. The highest BCUT2D eigenvalue weighted by molar-refractivity contribution is 7.13. The lowest BCUT2D eigenvalue weighted by Crippen LogP contribution is -2.23. The average molecular weight is 457 g/mol. The zero-order valence-corrected chi connectivity index (χ0v) is 18.8. The summed E-state index contributed by atoms with van der Waals surface area (Å²) < 4.78 is 16.2. The van der Waals surface area contributed by atoms with Crippen LogP contribution in [-0.2, 0) is 6.61 Å². The van der Waals surface area contributed by atoms with E-state index < -0.39 is 0 Å². The van der Waals surface area contributed by atoms with Gasteiger partial charge in [0.05, 0.1) is 14.2 Å².